The third-order valence-electron chi connectivity index (χ3n) is 2.27. The number of carbonyl (C=O) groups excluding carboxylic acids is 1. The number of nitrogens with one attached hydrogen (secondary N) is 2. The summed E-state index contributed by atoms with van der Waals surface area (Å²) in [6.07, 6.45) is 0.208. The highest BCUT2D eigenvalue weighted by Gasteiger charge is 2.17. The van der Waals surface area contributed by atoms with E-state index in [0.717, 1.165) is 5.56 Å². The molecule has 5 N–H and O–H groups in total. The van der Waals surface area contributed by atoms with Gasteiger partial charge in [-0.15, -0.1) is 0 Å². The fraction of sp³-hybridized carbons (Fsp3) is 0.273. The topological polar surface area (TPSA) is 114 Å². The molecule has 0 aliphatic carbocycles. The molecule has 18 heavy (non-hydrogen) atoms. The summed E-state index contributed by atoms with van der Waals surface area (Å²) in [5.74, 6) is -0.395. The highest BCUT2D eigenvalue weighted by Crippen LogP contribution is 2.12. The van der Waals surface area contributed by atoms with Gasteiger partial charge in [0.2, 0.25) is 0 Å². The minimum Gasteiger partial charge on any atom is -0.497 e. The van der Waals surface area contributed by atoms with Crippen molar-refractivity contribution in [1.82, 2.24) is 10.9 Å². The van der Waals surface area contributed by atoms with E-state index in [1.54, 1.807) is 31.4 Å². The SMILES string of the molecule is COc1ccc(CC(NNC(N)=O)C(=O)O)cc1. The van der Waals surface area contributed by atoms with Crippen LogP contribution in [0.5, 0.6) is 5.75 Å². The summed E-state index contributed by atoms with van der Waals surface area (Å²) in [5.41, 5.74) is 10.0. The average molecular weight is 253 g/mol. The van der Waals surface area contributed by atoms with E-state index in [0.29, 0.717) is 5.75 Å². The number of benzene rings is 1. The van der Waals surface area contributed by atoms with E-state index in [-0.39, 0.29) is 6.42 Å². The molecule has 7 heteroatoms. The fourth-order valence-electron chi connectivity index (χ4n) is 1.36. The second-order valence-electron chi connectivity index (χ2n) is 3.58. The lowest BCUT2D eigenvalue weighted by atomic mass is 10.1. The quantitative estimate of drug-likeness (QED) is 0.527. The number of primary amides is 1. The number of amides is 2. The van der Waals surface area contributed by atoms with E-state index in [9.17, 15) is 9.59 Å². The maximum atomic E-state index is 11.0. The second-order valence-corrected chi connectivity index (χ2v) is 3.58. The van der Waals surface area contributed by atoms with Gasteiger partial charge in [-0.2, -0.15) is 0 Å². The largest absolute Gasteiger partial charge is 0.497 e. The molecule has 1 atom stereocenters. The van der Waals surface area contributed by atoms with Crippen molar-refractivity contribution in [1.29, 1.82) is 0 Å². The zero-order chi connectivity index (χ0) is 13.5. The maximum Gasteiger partial charge on any atom is 0.326 e. The molecule has 7 nitrogen and oxygen atoms in total. The van der Waals surface area contributed by atoms with Crippen molar-refractivity contribution in [2.75, 3.05) is 7.11 Å². The predicted molar refractivity (Wildman–Crippen MR) is 64.0 cm³/mol. The van der Waals surface area contributed by atoms with Crippen LogP contribution in [0.15, 0.2) is 24.3 Å². The van der Waals surface area contributed by atoms with Gasteiger partial charge in [0.05, 0.1) is 7.11 Å². The van der Waals surface area contributed by atoms with E-state index in [4.69, 9.17) is 15.6 Å². The number of aliphatic carboxylic acids is 1. The summed E-state index contributed by atoms with van der Waals surface area (Å²) in [5, 5.41) is 8.97. The number of methoxy groups -OCH3 is 1. The Hall–Kier alpha value is -2.28. The van der Waals surface area contributed by atoms with Gasteiger partial charge in [-0.1, -0.05) is 12.1 Å². The summed E-state index contributed by atoms with van der Waals surface area (Å²) in [7, 11) is 1.55. The first-order chi connectivity index (χ1) is 8.52. The van der Waals surface area contributed by atoms with Crippen LogP contribution in [0.2, 0.25) is 0 Å². The lowest BCUT2D eigenvalue weighted by molar-refractivity contribution is -0.139. The summed E-state index contributed by atoms with van der Waals surface area (Å²) >= 11 is 0. The smallest absolute Gasteiger partial charge is 0.326 e. The summed E-state index contributed by atoms with van der Waals surface area (Å²) in [6, 6.07) is 5.18. The van der Waals surface area contributed by atoms with Crippen LogP contribution in [0, 0.1) is 0 Å². The molecule has 0 saturated carbocycles. The van der Waals surface area contributed by atoms with Crippen LogP contribution in [-0.2, 0) is 11.2 Å². The van der Waals surface area contributed by atoms with E-state index >= 15 is 0 Å². The Bertz CT molecular complexity index is 419. The van der Waals surface area contributed by atoms with Gasteiger partial charge < -0.3 is 15.6 Å². The molecule has 0 fully saturated rings. The van der Waals surface area contributed by atoms with Gasteiger partial charge >= 0.3 is 12.0 Å². The Morgan fingerprint density at radius 1 is 1.39 bits per heavy atom. The number of urea groups is 1. The summed E-state index contributed by atoms with van der Waals surface area (Å²) < 4.78 is 5.00. The first-order valence-electron chi connectivity index (χ1n) is 5.19. The standard InChI is InChI=1S/C11H15N3O4/c1-18-8-4-2-7(3-5-8)6-9(10(15)16)13-14-11(12)17/h2-5,9,13H,6H2,1H3,(H,15,16)(H3,12,14,17). The van der Waals surface area contributed by atoms with Crippen molar-refractivity contribution in [2.45, 2.75) is 12.5 Å². The molecule has 0 bridgehead atoms. The number of ether oxygens (including phenoxy) is 1. The van der Waals surface area contributed by atoms with Crippen molar-refractivity contribution in [3.8, 4) is 5.75 Å². The van der Waals surface area contributed by atoms with Gasteiger partial charge in [-0.25, -0.2) is 10.2 Å². The van der Waals surface area contributed by atoms with Crippen LogP contribution in [-0.4, -0.2) is 30.3 Å². The van der Waals surface area contributed by atoms with E-state index in [2.05, 4.69) is 10.9 Å². The van der Waals surface area contributed by atoms with Crippen LogP contribution in [0.25, 0.3) is 0 Å². The van der Waals surface area contributed by atoms with E-state index in [1.807, 2.05) is 0 Å². The highest BCUT2D eigenvalue weighted by atomic mass is 16.5. The van der Waals surface area contributed by atoms with Crippen LogP contribution >= 0.6 is 0 Å². The van der Waals surface area contributed by atoms with E-state index in [1.165, 1.54) is 0 Å². The summed E-state index contributed by atoms with van der Waals surface area (Å²) in [6.45, 7) is 0. The number of carbonyl (C=O) groups is 2. The number of rotatable bonds is 6. The molecule has 1 rings (SSSR count). The molecule has 0 heterocycles. The van der Waals surface area contributed by atoms with Crippen LogP contribution in [0.1, 0.15) is 5.56 Å². The zero-order valence-corrected chi connectivity index (χ0v) is 9.84. The summed E-state index contributed by atoms with van der Waals surface area (Å²) in [4.78, 5) is 21.5. The van der Waals surface area contributed by atoms with Crippen LogP contribution < -0.4 is 21.3 Å². The normalized spacial score (nSPS) is 11.6. The molecular formula is C11H15N3O4. The van der Waals surface area contributed by atoms with Crippen molar-refractivity contribution >= 4 is 12.0 Å². The minimum absolute atomic E-state index is 0.208. The first kappa shape index (κ1) is 13.8. The second kappa shape index (κ2) is 6.45. The van der Waals surface area contributed by atoms with E-state index < -0.39 is 18.0 Å². The van der Waals surface area contributed by atoms with Gasteiger partial charge in [-0.05, 0) is 17.7 Å². The molecule has 0 saturated heterocycles. The van der Waals surface area contributed by atoms with Gasteiger partial charge in [0.15, 0.2) is 0 Å². The molecule has 1 aromatic rings. The van der Waals surface area contributed by atoms with Gasteiger partial charge in [0.1, 0.15) is 11.8 Å². The molecule has 1 aromatic carbocycles. The number of carboxylic acid groups (broad SMARTS) is 1. The third-order valence-corrected chi connectivity index (χ3v) is 2.27. The first-order valence-corrected chi connectivity index (χ1v) is 5.19. The fourth-order valence-corrected chi connectivity index (χ4v) is 1.36. The Morgan fingerprint density at radius 3 is 2.44 bits per heavy atom. The Morgan fingerprint density at radius 2 is 2.00 bits per heavy atom. The van der Waals surface area contributed by atoms with Crippen molar-refractivity contribution in [2.24, 2.45) is 5.73 Å². The van der Waals surface area contributed by atoms with Crippen molar-refractivity contribution in [3.63, 3.8) is 0 Å². The monoisotopic (exact) mass is 253 g/mol. The maximum absolute atomic E-state index is 11.0. The van der Waals surface area contributed by atoms with Crippen molar-refractivity contribution < 1.29 is 19.4 Å². The molecule has 0 spiro atoms. The number of hydrogen-bond acceptors (Lipinski definition) is 4. The van der Waals surface area contributed by atoms with Crippen LogP contribution in [0.3, 0.4) is 0 Å². The number of hydrogen-bond donors (Lipinski definition) is 4. The van der Waals surface area contributed by atoms with Crippen LogP contribution in [0.4, 0.5) is 4.79 Å². The lowest BCUT2D eigenvalue weighted by Gasteiger charge is -2.14. The average Bonchev–Trinajstić information content (AvgIpc) is 2.34. The molecule has 98 valence electrons. The molecule has 0 radical (unpaired) electrons. The third kappa shape index (κ3) is 4.30. The zero-order valence-electron chi connectivity index (χ0n) is 9.84. The predicted octanol–water partition coefficient (Wildman–Crippen LogP) is -0.136. The lowest BCUT2D eigenvalue weighted by Crippen LogP contribution is -2.50. The van der Waals surface area contributed by atoms with Gasteiger partial charge in [0, 0.05) is 6.42 Å². The number of carboxylic acids is 1. The molecular weight excluding hydrogens is 238 g/mol. The molecule has 2 amide bonds. The molecule has 1 unspecified atom stereocenters. The molecule has 0 aromatic heterocycles. The van der Waals surface area contributed by atoms with Gasteiger partial charge in [-0.3, -0.25) is 10.2 Å². The molecule has 0 aliphatic rings. The Kier molecular flexibility index (Phi) is 4.94. The van der Waals surface area contributed by atoms with Gasteiger partial charge in [0.25, 0.3) is 0 Å². The number of nitrogens with two attached hydrogens (primary N) is 1. The van der Waals surface area contributed by atoms with Crippen molar-refractivity contribution in [3.05, 3.63) is 29.8 Å². The minimum atomic E-state index is -1.08. The molecule has 0 aliphatic heterocycles. The Balaban J connectivity index is 2.64. The highest BCUT2D eigenvalue weighted by molar-refractivity contribution is 5.75. The number of hydrazine groups is 1. The Labute approximate surface area is 104 Å².